The summed E-state index contributed by atoms with van der Waals surface area (Å²) in [7, 11) is 0. The average molecular weight is 578 g/mol. The molecule has 2 aliphatic carbocycles. The third-order valence-corrected chi connectivity index (χ3v) is 9.45. The number of alkyl halides is 3. The molecule has 212 valence electrons. The fourth-order valence-electron chi connectivity index (χ4n) is 6.79. The van der Waals surface area contributed by atoms with Crippen LogP contribution in [0.25, 0.3) is 28.2 Å². The Hall–Kier alpha value is -3.32. The molecule has 1 spiro atoms. The molecule has 0 bridgehead atoms. The molecule has 0 N–H and O–H groups in total. The number of aromatic nitrogens is 2. The maximum absolute atomic E-state index is 13.8. The van der Waals surface area contributed by atoms with Crippen LogP contribution in [0.5, 0.6) is 0 Å². The van der Waals surface area contributed by atoms with Gasteiger partial charge in [-0.1, -0.05) is 34.5 Å². The SMILES string of the molecule is Cc1cc(C(F)(F)F)c2cc(N3CCC4(CC3)CC(=Cc3c(-c5c(C)cccc5Cl)noc3C3CC3)C4)ccc2n1. The fourth-order valence-corrected chi connectivity index (χ4v) is 7.10. The van der Waals surface area contributed by atoms with Gasteiger partial charge < -0.3 is 9.42 Å². The summed E-state index contributed by atoms with van der Waals surface area (Å²) in [5.41, 5.74) is 6.53. The molecule has 0 unspecified atom stereocenters. The number of benzene rings is 2. The number of hydrogen-bond acceptors (Lipinski definition) is 4. The number of allylic oxidation sites excluding steroid dienone is 1. The van der Waals surface area contributed by atoms with Gasteiger partial charge in [0.1, 0.15) is 11.5 Å². The molecule has 2 aromatic heterocycles. The quantitative estimate of drug-likeness (QED) is 0.242. The highest BCUT2D eigenvalue weighted by atomic mass is 35.5. The van der Waals surface area contributed by atoms with Gasteiger partial charge in [-0.25, -0.2) is 0 Å². The molecule has 41 heavy (non-hydrogen) atoms. The minimum atomic E-state index is -4.42. The first-order chi connectivity index (χ1) is 19.6. The van der Waals surface area contributed by atoms with E-state index in [1.54, 1.807) is 19.1 Å². The van der Waals surface area contributed by atoms with E-state index in [0.717, 1.165) is 91.5 Å². The second-order valence-corrected chi connectivity index (χ2v) is 12.6. The van der Waals surface area contributed by atoms with Gasteiger partial charge in [-0.2, -0.15) is 13.2 Å². The van der Waals surface area contributed by atoms with Gasteiger partial charge in [-0.3, -0.25) is 4.98 Å². The van der Waals surface area contributed by atoms with Crippen LogP contribution in [0, 0.1) is 19.3 Å². The van der Waals surface area contributed by atoms with E-state index in [-0.39, 0.29) is 10.8 Å². The molecule has 1 aliphatic heterocycles. The molecule has 0 radical (unpaired) electrons. The van der Waals surface area contributed by atoms with Gasteiger partial charge in [0, 0.05) is 46.9 Å². The molecular weight excluding hydrogens is 547 g/mol. The van der Waals surface area contributed by atoms with Gasteiger partial charge in [-0.15, -0.1) is 0 Å². The number of fused-ring (bicyclic) bond motifs is 1. The zero-order valence-corrected chi connectivity index (χ0v) is 23.9. The minimum Gasteiger partial charge on any atom is -0.371 e. The highest BCUT2D eigenvalue weighted by Crippen LogP contribution is 2.54. The number of anilines is 1. The van der Waals surface area contributed by atoms with Crippen molar-refractivity contribution < 1.29 is 17.7 Å². The van der Waals surface area contributed by atoms with Crippen molar-refractivity contribution >= 4 is 34.3 Å². The van der Waals surface area contributed by atoms with E-state index in [4.69, 9.17) is 16.1 Å². The summed E-state index contributed by atoms with van der Waals surface area (Å²) in [5.74, 6) is 1.41. The lowest BCUT2D eigenvalue weighted by molar-refractivity contribution is -0.136. The van der Waals surface area contributed by atoms with Gasteiger partial charge in [-0.05, 0) is 99.8 Å². The van der Waals surface area contributed by atoms with Crippen molar-refractivity contribution in [2.75, 3.05) is 18.0 Å². The van der Waals surface area contributed by atoms with Crippen molar-refractivity contribution in [1.29, 1.82) is 0 Å². The molecule has 2 saturated carbocycles. The van der Waals surface area contributed by atoms with E-state index in [1.807, 2.05) is 31.2 Å². The number of halogens is 4. The Morgan fingerprint density at radius 2 is 1.80 bits per heavy atom. The molecule has 7 rings (SSSR count). The van der Waals surface area contributed by atoms with Crippen LogP contribution >= 0.6 is 11.6 Å². The lowest BCUT2D eigenvalue weighted by Crippen LogP contribution is -2.44. The first kappa shape index (κ1) is 26.6. The van der Waals surface area contributed by atoms with Gasteiger partial charge in [0.2, 0.25) is 0 Å². The van der Waals surface area contributed by atoms with E-state index in [2.05, 4.69) is 21.1 Å². The van der Waals surface area contributed by atoms with Crippen molar-refractivity contribution in [2.24, 2.45) is 5.41 Å². The predicted molar refractivity (Wildman–Crippen MR) is 156 cm³/mol. The van der Waals surface area contributed by atoms with E-state index >= 15 is 0 Å². The third kappa shape index (κ3) is 4.82. The number of piperidine rings is 1. The second kappa shape index (κ2) is 9.62. The Kier molecular flexibility index (Phi) is 6.23. The number of hydrogen-bond donors (Lipinski definition) is 0. The molecule has 0 amide bonds. The molecule has 3 fully saturated rings. The van der Waals surface area contributed by atoms with Gasteiger partial charge >= 0.3 is 6.18 Å². The lowest BCUT2D eigenvalue weighted by Gasteiger charge is -2.50. The van der Waals surface area contributed by atoms with Crippen LogP contribution in [-0.2, 0) is 6.18 Å². The summed E-state index contributed by atoms with van der Waals surface area (Å²) in [4.78, 5) is 6.55. The highest BCUT2D eigenvalue weighted by molar-refractivity contribution is 6.33. The standard InChI is InChI=1S/C33H31ClF3N3O/c1-19-4-3-5-27(34)29(19)30-25(31(41-39-30)22-6-7-22)15-21-17-32(18-21)10-12-40(13-11-32)23-8-9-28-24(16-23)26(33(35,36)37)14-20(2)38-28/h3-5,8-9,14-16,22H,6-7,10-13,17-18H2,1-2H3. The summed E-state index contributed by atoms with van der Waals surface area (Å²) < 4.78 is 47.2. The lowest BCUT2D eigenvalue weighted by atomic mass is 9.60. The van der Waals surface area contributed by atoms with Crippen LogP contribution in [0.2, 0.25) is 5.02 Å². The molecule has 2 aromatic carbocycles. The Balaban J connectivity index is 1.10. The van der Waals surface area contributed by atoms with Crippen LogP contribution in [0.4, 0.5) is 18.9 Å². The number of pyridine rings is 1. The molecule has 4 aromatic rings. The number of aryl methyl sites for hydroxylation is 2. The van der Waals surface area contributed by atoms with E-state index in [9.17, 15) is 13.2 Å². The van der Waals surface area contributed by atoms with Crippen molar-refractivity contribution in [1.82, 2.24) is 10.1 Å². The number of rotatable bonds is 4. The molecule has 1 saturated heterocycles. The first-order valence-electron chi connectivity index (χ1n) is 14.3. The third-order valence-electron chi connectivity index (χ3n) is 9.13. The molecule has 3 aliphatic rings. The predicted octanol–water partition coefficient (Wildman–Crippen LogP) is 9.52. The summed E-state index contributed by atoms with van der Waals surface area (Å²) in [6.45, 7) is 5.30. The zero-order valence-electron chi connectivity index (χ0n) is 23.1. The minimum absolute atomic E-state index is 0.166. The van der Waals surface area contributed by atoms with Crippen LogP contribution in [0.3, 0.4) is 0 Å². The monoisotopic (exact) mass is 577 g/mol. The Morgan fingerprint density at radius 1 is 1.05 bits per heavy atom. The van der Waals surface area contributed by atoms with Gasteiger partial charge in [0.15, 0.2) is 0 Å². The van der Waals surface area contributed by atoms with Crippen LogP contribution in [0.1, 0.15) is 72.6 Å². The van der Waals surface area contributed by atoms with Crippen molar-refractivity contribution in [2.45, 2.75) is 64.5 Å². The Bertz CT molecular complexity index is 1660. The molecule has 4 nitrogen and oxygen atoms in total. The van der Waals surface area contributed by atoms with Gasteiger partial charge in [0.05, 0.1) is 16.1 Å². The van der Waals surface area contributed by atoms with Crippen molar-refractivity contribution in [3.05, 3.63) is 81.2 Å². The summed E-state index contributed by atoms with van der Waals surface area (Å²) in [6.07, 6.45) is 4.19. The van der Waals surface area contributed by atoms with E-state index in [0.29, 0.717) is 22.2 Å². The molecular formula is C33H31ClF3N3O. The number of nitrogens with zero attached hydrogens (tertiary/aromatic N) is 3. The molecule has 3 heterocycles. The fraction of sp³-hybridized carbons (Fsp3) is 0.394. The molecule has 8 heteroatoms. The smallest absolute Gasteiger partial charge is 0.371 e. The van der Waals surface area contributed by atoms with Crippen molar-refractivity contribution in [3.63, 3.8) is 0 Å². The van der Waals surface area contributed by atoms with Gasteiger partial charge in [0.25, 0.3) is 0 Å². The van der Waals surface area contributed by atoms with E-state index < -0.39 is 11.7 Å². The van der Waals surface area contributed by atoms with Crippen LogP contribution < -0.4 is 4.90 Å². The summed E-state index contributed by atoms with van der Waals surface area (Å²) in [5, 5.41) is 5.34. The zero-order chi connectivity index (χ0) is 28.5. The first-order valence-corrected chi connectivity index (χ1v) is 14.7. The van der Waals surface area contributed by atoms with Crippen LogP contribution in [-0.4, -0.2) is 23.2 Å². The largest absolute Gasteiger partial charge is 0.417 e. The molecule has 0 atom stereocenters. The summed E-state index contributed by atoms with van der Waals surface area (Å²) >= 11 is 6.61. The Morgan fingerprint density at radius 3 is 2.49 bits per heavy atom. The van der Waals surface area contributed by atoms with Crippen LogP contribution in [0.15, 0.2) is 52.6 Å². The van der Waals surface area contributed by atoms with Crippen molar-refractivity contribution in [3.8, 4) is 11.3 Å². The van der Waals surface area contributed by atoms with E-state index in [1.165, 1.54) is 5.57 Å². The maximum Gasteiger partial charge on any atom is 0.417 e. The normalized spacial score (nSPS) is 18.7. The Labute approximate surface area is 242 Å². The second-order valence-electron chi connectivity index (χ2n) is 12.2. The maximum atomic E-state index is 13.8. The summed E-state index contributed by atoms with van der Waals surface area (Å²) in [6, 6.07) is 12.3. The average Bonchev–Trinajstić information content (AvgIpc) is 3.68. The highest BCUT2D eigenvalue weighted by Gasteiger charge is 2.43. The topological polar surface area (TPSA) is 42.2 Å².